The van der Waals surface area contributed by atoms with Gasteiger partial charge < -0.3 is 33.4 Å². The highest BCUT2D eigenvalue weighted by Gasteiger charge is 2.47. The average Bonchev–Trinajstić information content (AvgIpc) is 3.78. The van der Waals surface area contributed by atoms with Gasteiger partial charge in [-0.2, -0.15) is 0 Å². The van der Waals surface area contributed by atoms with E-state index in [1.165, 1.54) is 5.56 Å². The van der Waals surface area contributed by atoms with Gasteiger partial charge in [-0.05, 0) is 60.7 Å². The number of nitrogens with zero attached hydrogens (tertiary/aromatic N) is 3. The van der Waals surface area contributed by atoms with Gasteiger partial charge in [-0.1, -0.05) is 43.7 Å². The van der Waals surface area contributed by atoms with Gasteiger partial charge in [-0.3, -0.25) is 14.5 Å². The highest BCUT2D eigenvalue weighted by atomic mass is 16.7. The number of carboxylic acids is 1. The number of carbonyl (C=O) groups excluding carboxylic acids is 1. The number of benzene rings is 3. The number of anilines is 1. The molecule has 3 unspecified atom stereocenters. The van der Waals surface area contributed by atoms with Crippen LogP contribution in [0.2, 0.25) is 0 Å². The maximum absolute atomic E-state index is 14.3. The van der Waals surface area contributed by atoms with Crippen LogP contribution in [0.4, 0.5) is 5.69 Å². The van der Waals surface area contributed by atoms with Gasteiger partial charge >= 0.3 is 5.97 Å². The van der Waals surface area contributed by atoms with Crippen molar-refractivity contribution in [3.05, 3.63) is 77.4 Å². The molecule has 47 heavy (non-hydrogen) atoms. The smallest absolute Gasteiger partial charge is 0.308 e. The summed E-state index contributed by atoms with van der Waals surface area (Å²) in [6, 6.07) is 19.3. The third-order valence-corrected chi connectivity index (χ3v) is 9.30. The highest BCUT2D eigenvalue weighted by Crippen LogP contribution is 2.44. The maximum atomic E-state index is 14.3. The van der Waals surface area contributed by atoms with E-state index in [0.29, 0.717) is 48.9 Å². The van der Waals surface area contributed by atoms with Crippen LogP contribution in [-0.2, 0) is 22.6 Å². The van der Waals surface area contributed by atoms with Crippen molar-refractivity contribution in [1.29, 1.82) is 0 Å². The Kier molecular flexibility index (Phi) is 9.61. The number of carbonyl (C=O) groups is 2. The van der Waals surface area contributed by atoms with Crippen molar-refractivity contribution in [2.75, 3.05) is 59.3 Å². The molecule has 10 nitrogen and oxygen atoms in total. The summed E-state index contributed by atoms with van der Waals surface area (Å²) in [5.74, 6) is 0.724. The number of unbranched alkanes of at least 4 members (excludes halogenated alkanes) is 1. The molecule has 0 saturated carbocycles. The van der Waals surface area contributed by atoms with Crippen molar-refractivity contribution in [1.82, 2.24) is 4.90 Å². The molecule has 10 heteroatoms. The van der Waals surface area contributed by atoms with E-state index in [1.54, 1.807) is 0 Å². The predicted octanol–water partition coefficient (Wildman–Crippen LogP) is 5.28. The topological polar surface area (TPSA) is 97.8 Å². The number of likely N-dealkylation sites (tertiary alicyclic amines) is 1. The molecule has 1 N–H and O–H groups in total. The molecule has 3 heterocycles. The van der Waals surface area contributed by atoms with Gasteiger partial charge in [0.25, 0.3) is 0 Å². The quantitative estimate of drug-likeness (QED) is 0.251. The summed E-state index contributed by atoms with van der Waals surface area (Å²) in [5.41, 5.74) is 3.89. The molecule has 3 atom stereocenters. The lowest BCUT2D eigenvalue weighted by atomic mass is 9.83. The predicted molar refractivity (Wildman–Crippen MR) is 178 cm³/mol. The van der Waals surface area contributed by atoms with Gasteiger partial charge in [0, 0.05) is 36.3 Å². The van der Waals surface area contributed by atoms with E-state index in [-0.39, 0.29) is 38.0 Å². The molecular weight excluding hydrogens is 598 g/mol. The van der Waals surface area contributed by atoms with Crippen LogP contribution in [-0.4, -0.2) is 86.8 Å². The van der Waals surface area contributed by atoms with Crippen LogP contribution in [0, 0.1) is 5.92 Å². The fraction of sp³-hybridized carbons (Fsp3) is 0.459. The molecule has 1 fully saturated rings. The molecule has 0 radical (unpaired) electrons. The first-order valence-corrected chi connectivity index (χ1v) is 16.5. The van der Waals surface area contributed by atoms with Crippen LogP contribution in [0.25, 0.3) is 0 Å². The summed E-state index contributed by atoms with van der Waals surface area (Å²) in [6.07, 6.45) is 2.95. The maximum Gasteiger partial charge on any atom is 0.308 e. The molecule has 6 rings (SSSR count). The Morgan fingerprint density at radius 3 is 2.49 bits per heavy atom. The number of para-hydroxylation sites is 1. The zero-order valence-corrected chi connectivity index (χ0v) is 27.8. The van der Waals surface area contributed by atoms with E-state index in [0.717, 1.165) is 40.7 Å². The van der Waals surface area contributed by atoms with Gasteiger partial charge in [0.1, 0.15) is 6.54 Å². The van der Waals surface area contributed by atoms with E-state index < -0.39 is 11.9 Å². The number of fused-ring (bicyclic) bond motifs is 2. The highest BCUT2D eigenvalue weighted by molar-refractivity contribution is 5.95. The number of hydrogen-bond donors (Lipinski definition) is 1. The minimum atomic E-state index is -0.874. The molecule has 250 valence electrons. The number of amides is 1. The lowest BCUT2D eigenvalue weighted by Crippen LogP contribution is -2.44. The van der Waals surface area contributed by atoms with Crippen molar-refractivity contribution >= 4 is 17.6 Å². The SMILES string of the molecule is CCCCN(C(=O)CN1CC(c2ccc3c(c2)OCO3)C(C(=O)O)C1CCc1cccc2c1OCO2)c1cccc(C[N+](C)(C)C)c1. The van der Waals surface area contributed by atoms with E-state index >= 15 is 0 Å². The Hall–Kier alpha value is -4.28. The zero-order valence-electron chi connectivity index (χ0n) is 27.8. The fourth-order valence-electron chi connectivity index (χ4n) is 7.17. The van der Waals surface area contributed by atoms with Crippen molar-refractivity contribution < 1.29 is 38.1 Å². The van der Waals surface area contributed by atoms with Crippen LogP contribution >= 0.6 is 0 Å². The van der Waals surface area contributed by atoms with Crippen molar-refractivity contribution in [2.45, 2.75) is 51.1 Å². The molecule has 3 aromatic carbocycles. The summed E-state index contributed by atoms with van der Waals surface area (Å²) in [6.45, 7) is 4.43. The molecule has 0 aliphatic carbocycles. The normalized spacial score (nSPS) is 20.0. The monoisotopic (exact) mass is 644 g/mol. The number of aryl methyl sites for hydroxylation is 1. The Bertz CT molecular complexity index is 1600. The van der Waals surface area contributed by atoms with Crippen molar-refractivity contribution in [2.24, 2.45) is 5.92 Å². The molecule has 1 amide bonds. The molecule has 3 aliphatic rings. The number of hydrogen-bond acceptors (Lipinski definition) is 7. The van der Waals surface area contributed by atoms with Crippen LogP contribution < -0.4 is 23.8 Å². The lowest BCUT2D eigenvalue weighted by Gasteiger charge is -2.30. The number of quaternary nitrogens is 1. The van der Waals surface area contributed by atoms with Crippen LogP contribution in [0.5, 0.6) is 23.0 Å². The number of carboxylic acid groups (broad SMARTS) is 1. The van der Waals surface area contributed by atoms with Gasteiger partial charge in [-0.25, -0.2) is 0 Å². The first-order valence-electron chi connectivity index (χ1n) is 16.5. The Morgan fingerprint density at radius 1 is 0.936 bits per heavy atom. The summed E-state index contributed by atoms with van der Waals surface area (Å²) in [5, 5.41) is 10.7. The van der Waals surface area contributed by atoms with E-state index in [1.807, 2.05) is 53.4 Å². The Morgan fingerprint density at radius 2 is 1.70 bits per heavy atom. The van der Waals surface area contributed by atoms with Crippen molar-refractivity contribution in [3.8, 4) is 23.0 Å². The lowest BCUT2D eigenvalue weighted by molar-refractivity contribution is -0.884. The van der Waals surface area contributed by atoms with Gasteiger partial charge in [0.15, 0.2) is 23.0 Å². The molecule has 3 aromatic rings. The second-order valence-electron chi connectivity index (χ2n) is 13.8. The summed E-state index contributed by atoms with van der Waals surface area (Å²) < 4.78 is 23.3. The third kappa shape index (κ3) is 7.34. The van der Waals surface area contributed by atoms with Crippen LogP contribution in [0.1, 0.15) is 48.8 Å². The van der Waals surface area contributed by atoms with E-state index in [4.69, 9.17) is 18.9 Å². The number of aliphatic carboxylic acids is 1. The average molecular weight is 645 g/mol. The zero-order chi connectivity index (χ0) is 33.1. The molecule has 0 bridgehead atoms. The number of rotatable bonds is 13. The van der Waals surface area contributed by atoms with Crippen molar-refractivity contribution in [3.63, 3.8) is 0 Å². The Labute approximate surface area is 277 Å². The fourth-order valence-corrected chi connectivity index (χ4v) is 7.17. The van der Waals surface area contributed by atoms with Gasteiger partial charge in [0.05, 0.1) is 33.6 Å². The van der Waals surface area contributed by atoms with Gasteiger partial charge in [-0.15, -0.1) is 0 Å². The third-order valence-electron chi connectivity index (χ3n) is 9.30. The largest absolute Gasteiger partial charge is 0.481 e. The number of ether oxygens (including phenoxy) is 4. The molecule has 3 aliphatic heterocycles. The van der Waals surface area contributed by atoms with E-state index in [2.05, 4.69) is 45.1 Å². The molecule has 0 spiro atoms. The molecular formula is C37H46N3O7+. The molecule has 0 aromatic heterocycles. The second-order valence-corrected chi connectivity index (χ2v) is 13.8. The first kappa shape index (κ1) is 32.7. The Balaban J connectivity index is 1.30. The molecule has 1 saturated heterocycles. The minimum absolute atomic E-state index is 0.0290. The van der Waals surface area contributed by atoms with Crippen LogP contribution in [0.15, 0.2) is 60.7 Å². The summed E-state index contributed by atoms with van der Waals surface area (Å²) in [7, 11) is 6.45. The minimum Gasteiger partial charge on any atom is -0.481 e. The first-order chi connectivity index (χ1) is 22.6. The summed E-state index contributed by atoms with van der Waals surface area (Å²) in [4.78, 5) is 31.4. The van der Waals surface area contributed by atoms with E-state index in [9.17, 15) is 14.7 Å². The second kappa shape index (κ2) is 13.8. The van der Waals surface area contributed by atoms with Gasteiger partial charge in [0.2, 0.25) is 19.5 Å². The summed E-state index contributed by atoms with van der Waals surface area (Å²) >= 11 is 0. The standard InChI is InChI=1S/C37H45N3O7/c1-5-6-17-39(28-11-7-9-25(18-28)22-40(2,3)4)34(41)21-38-20-29(27-14-16-31-33(19-27)46-23-44-31)35(37(42)43)30(38)15-13-26-10-8-12-32-36(26)47-24-45-32/h7-12,14,16,18-19,29-30,35H,5-6,13,15,17,20-24H2,1-4H3/p+1. The van der Waals surface area contributed by atoms with Crippen LogP contribution in [0.3, 0.4) is 0 Å².